The van der Waals surface area contributed by atoms with Crippen molar-refractivity contribution in [1.82, 2.24) is 14.8 Å². The van der Waals surface area contributed by atoms with E-state index in [1.165, 1.54) is 0 Å². The van der Waals surface area contributed by atoms with Gasteiger partial charge < -0.3 is 9.88 Å². The maximum Gasteiger partial charge on any atom is 0.252 e. The number of aromatic amines is 1. The predicted molar refractivity (Wildman–Crippen MR) is 93.9 cm³/mol. The van der Waals surface area contributed by atoms with Crippen LogP contribution in [0.5, 0.6) is 0 Å². The Labute approximate surface area is 141 Å². The molecule has 0 unspecified atom stereocenters. The van der Waals surface area contributed by atoms with Crippen LogP contribution < -0.4 is 5.56 Å². The second-order valence-corrected chi connectivity index (χ2v) is 7.09. The molecule has 2 aromatic rings. The number of rotatable bonds is 3. The number of pyridine rings is 1. The number of hydrogen-bond donors (Lipinski definition) is 1. The molecule has 1 amide bonds. The third-order valence-electron chi connectivity index (χ3n) is 5.08. The maximum absolute atomic E-state index is 12.3. The second kappa shape index (κ2) is 6.06. The number of benzene rings is 1. The molecule has 1 saturated heterocycles. The minimum Gasteiger partial charge on any atom is -0.340 e. The largest absolute Gasteiger partial charge is 0.340 e. The summed E-state index contributed by atoms with van der Waals surface area (Å²) in [5.41, 5.74) is 2.82. The van der Waals surface area contributed by atoms with Gasteiger partial charge in [0.25, 0.3) is 5.56 Å². The average Bonchev–Trinajstić information content (AvgIpc) is 3.41. The Bertz CT molecular complexity index is 830. The second-order valence-electron chi connectivity index (χ2n) is 7.09. The molecule has 1 aromatic carbocycles. The molecule has 1 aromatic heterocycles. The summed E-state index contributed by atoms with van der Waals surface area (Å²) >= 11 is 0. The van der Waals surface area contributed by atoms with Crippen molar-refractivity contribution in [2.75, 3.05) is 26.2 Å². The molecule has 1 aliphatic heterocycles. The van der Waals surface area contributed by atoms with Crippen molar-refractivity contribution >= 4 is 16.8 Å². The fraction of sp³-hybridized carbons (Fsp3) is 0.474. The van der Waals surface area contributed by atoms with Gasteiger partial charge in [0.2, 0.25) is 5.91 Å². The molecule has 4 rings (SSSR count). The van der Waals surface area contributed by atoms with Crippen LogP contribution in [0, 0.1) is 12.8 Å². The molecule has 0 radical (unpaired) electrons. The normalized spacial score (nSPS) is 19.0. The van der Waals surface area contributed by atoms with Crippen molar-refractivity contribution in [3.05, 3.63) is 45.7 Å². The van der Waals surface area contributed by atoms with Gasteiger partial charge in [-0.15, -0.1) is 0 Å². The highest BCUT2D eigenvalue weighted by Gasteiger charge is 2.34. The Morgan fingerprint density at radius 3 is 2.62 bits per heavy atom. The molecule has 0 atom stereocenters. The van der Waals surface area contributed by atoms with Gasteiger partial charge in [0.05, 0.1) is 0 Å². The molecule has 0 bridgehead atoms. The first kappa shape index (κ1) is 15.4. The highest BCUT2D eigenvalue weighted by molar-refractivity contribution is 5.81. The lowest BCUT2D eigenvalue weighted by molar-refractivity contribution is -0.134. The van der Waals surface area contributed by atoms with Crippen LogP contribution in [0.3, 0.4) is 0 Å². The van der Waals surface area contributed by atoms with Gasteiger partial charge in [-0.2, -0.15) is 0 Å². The van der Waals surface area contributed by atoms with Crippen LogP contribution in [0.1, 0.15) is 24.0 Å². The van der Waals surface area contributed by atoms with Crippen LogP contribution in [-0.2, 0) is 11.3 Å². The number of aromatic nitrogens is 1. The van der Waals surface area contributed by atoms with E-state index in [-0.39, 0.29) is 5.56 Å². The molecule has 1 aliphatic carbocycles. The number of nitrogens with zero attached hydrogens (tertiary/aromatic N) is 2. The van der Waals surface area contributed by atoms with Gasteiger partial charge in [-0.3, -0.25) is 14.5 Å². The molecular formula is C19H23N3O2. The van der Waals surface area contributed by atoms with E-state index in [1.54, 1.807) is 0 Å². The molecular weight excluding hydrogens is 302 g/mol. The molecule has 2 aliphatic rings. The highest BCUT2D eigenvalue weighted by Crippen LogP contribution is 2.31. The van der Waals surface area contributed by atoms with Crippen molar-refractivity contribution in [2.45, 2.75) is 26.3 Å². The van der Waals surface area contributed by atoms with Gasteiger partial charge in [0, 0.05) is 49.7 Å². The SMILES string of the molecule is Cc1ccc2cc(CN3CCN(C(=O)C4CC4)CC3)c(=O)[nH]c2c1. The first-order valence-corrected chi connectivity index (χ1v) is 8.74. The molecule has 2 fully saturated rings. The summed E-state index contributed by atoms with van der Waals surface area (Å²) < 4.78 is 0. The molecule has 2 heterocycles. The minimum atomic E-state index is -0.00964. The minimum absolute atomic E-state index is 0.00964. The Balaban J connectivity index is 1.45. The summed E-state index contributed by atoms with van der Waals surface area (Å²) in [7, 11) is 0. The number of aryl methyl sites for hydroxylation is 1. The van der Waals surface area contributed by atoms with Crippen molar-refractivity contribution in [3.8, 4) is 0 Å². The van der Waals surface area contributed by atoms with E-state index in [9.17, 15) is 9.59 Å². The predicted octanol–water partition coefficient (Wildman–Crippen LogP) is 1.89. The summed E-state index contributed by atoms with van der Waals surface area (Å²) in [6.07, 6.45) is 2.12. The van der Waals surface area contributed by atoms with Crippen LogP contribution in [0.4, 0.5) is 0 Å². The number of amides is 1. The van der Waals surface area contributed by atoms with E-state index < -0.39 is 0 Å². The van der Waals surface area contributed by atoms with Gasteiger partial charge in [0.15, 0.2) is 0 Å². The number of carbonyl (C=O) groups excluding carboxylic acids is 1. The standard InChI is InChI=1S/C19H23N3O2/c1-13-2-3-15-11-16(18(23)20-17(15)10-13)12-21-6-8-22(9-7-21)19(24)14-4-5-14/h2-3,10-11,14H,4-9,12H2,1H3,(H,20,23). The fourth-order valence-electron chi connectivity index (χ4n) is 3.43. The molecule has 5 heteroatoms. The van der Waals surface area contributed by atoms with Crippen molar-refractivity contribution < 1.29 is 4.79 Å². The van der Waals surface area contributed by atoms with Crippen LogP contribution in [0.15, 0.2) is 29.1 Å². The molecule has 1 saturated carbocycles. The van der Waals surface area contributed by atoms with Gasteiger partial charge in [0.1, 0.15) is 0 Å². The number of nitrogens with one attached hydrogen (secondary N) is 1. The lowest BCUT2D eigenvalue weighted by Crippen LogP contribution is -2.49. The van der Waals surface area contributed by atoms with Crippen LogP contribution in [-0.4, -0.2) is 46.9 Å². The van der Waals surface area contributed by atoms with Gasteiger partial charge in [-0.05, 0) is 42.8 Å². The summed E-state index contributed by atoms with van der Waals surface area (Å²) in [5.74, 6) is 0.622. The molecule has 1 N–H and O–H groups in total. The Morgan fingerprint density at radius 1 is 1.17 bits per heavy atom. The van der Waals surface area contributed by atoms with E-state index >= 15 is 0 Å². The Hall–Kier alpha value is -2.14. The maximum atomic E-state index is 12.3. The monoisotopic (exact) mass is 325 g/mol. The summed E-state index contributed by atoms with van der Waals surface area (Å²) in [6, 6.07) is 8.11. The lowest BCUT2D eigenvalue weighted by Gasteiger charge is -2.34. The first-order chi connectivity index (χ1) is 11.6. The van der Waals surface area contributed by atoms with Gasteiger partial charge >= 0.3 is 0 Å². The highest BCUT2D eigenvalue weighted by atomic mass is 16.2. The topological polar surface area (TPSA) is 56.4 Å². The summed E-state index contributed by atoms with van der Waals surface area (Å²) in [5, 5.41) is 1.07. The van der Waals surface area contributed by atoms with Crippen molar-refractivity contribution in [3.63, 3.8) is 0 Å². The zero-order valence-electron chi connectivity index (χ0n) is 14.0. The van der Waals surface area contributed by atoms with E-state index in [2.05, 4.69) is 22.0 Å². The van der Waals surface area contributed by atoms with Gasteiger partial charge in [-0.1, -0.05) is 12.1 Å². The van der Waals surface area contributed by atoms with Crippen molar-refractivity contribution in [2.24, 2.45) is 5.92 Å². The Morgan fingerprint density at radius 2 is 1.92 bits per heavy atom. The molecule has 24 heavy (non-hydrogen) atoms. The van der Waals surface area contributed by atoms with Crippen LogP contribution in [0.25, 0.3) is 10.9 Å². The number of hydrogen-bond acceptors (Lipinski definition) is 3. The zero-order chi connectivity index (χ0) is 16.7. The number of fused-ring (bicyclic) bond motifs is 1. The summed E-state index contributed by atoms with van der Waals surface area (Å²) in [4.78, 5) is 31.7. The van der Waals surface area contributed by atoms with E-state index in [1.807, 2.05) is 24.0 Å². The van der Waals surface area contributed by atoms with Gasteiger partial charge in [-0.25, -0.2) is 0 Å². The molecule has 0 spiro atoms. The van der Waals surface area contributed by atoms with Crippen LogP contribution in [0.2, 0.25) is 0 Å². The number of carbonyl (C=O) groups is 1. The van der Waals surface area contributed by atoms with Crippen molar-refractivity contribution in [1.29, 1.82) is 0 Å². The molecule has 5 nitrogen and oxygen atoms in total. The average molecular weight is 325 g/mol. The third kappa shape index (κ3) is 3.08. The third-order valence-corrected chi connectivity index (χ3v) is 5.08. The quantitative estimate of drug-likeness (QED) is 0.937. The smallest absolute Gasteiger partial charge is 0.252 e. The number of piperazine rings is 1. The fourth-order valence-corrected chi connectivity index (χ4v) is 3.43. The summed E-state index contributed by atoms with van der Waals surface area (Å²) in [6.45, 7) is 5.90. The van der Waals surface area contributed by atoms with Crippen LogP contribution >= 0.6 is 0 Å². The van der Waals surface area contributed by atoms with E-state index in [4.69, 9.17) is 0 Å². The van der Waals surface area contributed by atoms with E-state index in [0.29, 0.717) is 18.4 Å². The zero-order valence-corrected chi connectivity index (χ0v) is 14.0. The molecule has 126 valence electrons. The lowest BCUT2D eigenvalue weighted by atomic mass is 10.1. The Kier molecular flexibility index (Phi) is 3.88. The van der Waals surface area contributed by atoms with E-state index in [0.717, 1.165) is 61.1 Å². The number of H-pyrrole nitrogens is 1. The first-order valence-electron chi connectivity index (χ1n) is 8.74.